The van der Waals surface area contributed by atoms with E-state index in [1.165, 1.54) is 0 Å². The molecule has 12 heavy (non-hydrogen) atoms. The molecule has 2 atom stereocenters. The van der Waals surface area contributed by atoms with Gasteiger partial charge in [-0.3, -0.25) is 9.80 Å². The van der Waals surface area contributed by atoms with E-state index >= 15 is 0 Å². The van der Waals surface area contributed by atoms with E-state index in [9.17, 15) is 4.79 Å². The molecule has 4 heteroatoms. The lowest BCUT2D eigenvalue weighted by Crippen LogP contribution is -2.30. The fourth-order valence-corrected chi connectivity index (χ4v) is 1.40. The number of fused-ring (bicyclic) bond motifs is 1. The Morgan fingerprint density at radius 1 is 1.67 bits per heavy atom. The molecule has 0 spiro atoms. The maximum atomic E-state index is 10.4. The highest BCUT2D eigenvalue weighted by atomic mass is 16.1. The van der Waals surface area contributed by atoms with Crippen LogP contribution >= 0.6 is 0 Å². The first-order valence-corrected chi connectivity index (χ1v) is 3.80. The molecule has 1 aliphatic carbocycles. The first-order valence-electron chi connectivity index (χ1n) is 3.80. The Hall–Kier alpha value is -1.45. The maximum absolute atomic E-state index is 10.4. The van der Waals surface area contributed by atoms with Gasteiger partial charge < -0.3 is 0 Å². The fraction of sp³-hybridized carbons (Fsp3) is 0.375. The highest BCUT2D eigenvalue weighted by Crippen LogP contribution is 2.22. The molecule has 62 valence electrons. The standard InChI is InChI=1S/C8H9N3O/c1-11-8-3-2-6(5-12)4-7(8)9-10-11/h2-5,7-8H,1H3. The summed E-state index contributed by atoms with van der Waals surface area (Å²) >= 11 is 0. The first-order chi connectivity index (χ1) is 5.81. The molecule has 0 N–H and O–H groups in total. The van der Waals surface area contributed by atoms with Crippen molar-refractivity contribution in [1.29, 1.82) is 0 Å². The Kier molecular flexibility index (Phi) is 1.53. The molecule has 0 amide bonds. The molecule has 0 fully saturated rings. The summed E-state index contributed by atoms with van der Waals surface area (Å²) in [5, 5.41) is 9.69. The fourth-order valence-electron chi connectivity index (χ4n) is 1.40. The van der Waals surface area contributed by atoms with Gasteiger partial charge in [-0.05, 0) is 6.08 Å². The molecular formula is C8H9N3O. The topological polar surface area (TPSA) is 45.0 Å². The van der Waals surface area contributed by atoms with Crippen molar-refractivity contribution in [2.24, 2.45) is 10.3 Å². The van der Waals surface area contributed by atoms with Crippen LogP contribution in [0.15, 0.2) is 34.1 Å². The smallest absolute Gasteiger partial charge is 0.149 e. The van der Waals surface area contributed by atoms with Crippen molar-refractivity contribution in [3.05, 3.63) is 23.8 Å². The number of carbonyl (C=O) groups is 1. The van der Waals surface area contributed by atoms with E-state index in [0.717, 1.165) is 6.29 Å². The minimum Gasteiger partial charge on any atom is -0.298 e. The van der Waals surface area contributed by atoms with Crippen LogP contribution in [0, 0.1) is 0 Å². The average molecular weight is 163 g/mol. The second kappa shape index (κ2) is 2.55. The van der Waals surface area contributed by atoms with Crippen LogP contribution in [-0.4, -0.2) is 30.4 Å². The molecule has 4 nitrogen and oxygen atoms in total. The molecular weight excluding hydrogens is 154 g/mol. The van der Waals surface area contributed by atoms with Gasteiger partial charge in [-0.1, -0.05) is 17.4 Å². The number of allylic oxidation sites excluding steroid dienone is 2. The molecule has 0 bridgehead atoms. The van der Waals surface area contributed by atoms with Crippen molar-refractivity contribution in [2.75, 3.05) is 7.05 Å². The maximum Gasteiger partial charge on any atom is 0.149 e. The zero-order chi connectivity index (χ0) is 8.55. The number of hydrogen-bond donors (Lipinski definition) is 0. The van der Waals surface area contributed by atoms with Gasteiger partial charge in [0.1, 0.15) is 12.3 Å². The minimum absolute atomic E-state index is 0.0280. The highest BCUT2D eigenvalue weighted by molar-refractivity contribution is 5.78. The van der Waals surface area contributed by atoms with Crippen LogP contribution in [-0.2, 0) is 4.79 Å². The summed E-state index contributed by atoms with van der Waals surface area (Å²) in [6.45, 7) is 0. The summed E-state index contributed by atoms with van der Waals surface area (Å²) in [4.78, 5) is 10.4. The summed E-state index contributed by atoms with van der Waals surface area (Å²) in [7, 11) is 1.87. The second-order valence-corrected chi connectivity index (χ2v) is 2.90. The Labute approximate surface area is 70.2 Å². The number of likely N-dealkylation sites (N-methyl/N-ethyl adjacent to an activating group) is 1. The van der Waals surface area contributed by atoms with Gasteiger partial charge in [-0.25, -0.2) is 0 Å². The molecule has 0 aromatic rings. The molecule has 2 aliphatic rings. The number of carbonyl (C=O) groups excluding carboxylic acids is 1. The highest BCUT2D eigenvalue weighted by Gasteiger charge is 2.28. The lowest BCUT2D eigenvalue weighted by Gasteiger charge is -2.19. The van der Waals surface area contributed by atoms with E-state index in [1.807, 2.05) is 19.2 Å². The molecule has 1 aliphatic heterocycles. The van der Waals surface area contributed by atoms with Crippen molar-refractivity contribution in [3.8, 4) is 0 Å². The molecule has 2 rings (SSSR count). The van der Waals surface area contributed by atoms with Gasteiger partial charge in [-0.2, -0.15) is 5.11 Å². The second-order valence-electron chi connectivity index (χ2n) is 2.90. The van der Waals surface area contributed by atoms with Crippen molar-refractivity contribution >= 4 is 6.29 Å². The lowest BCUT2D eigenvalue weighted by molar-refractivity contribution is -0.104. The third kappa shape index (κ3) is 0.958. The predicted molar refractivity (Wildman–Crippen MR) is 43.5 cm³/mol. The Bertz CT molecular complexity index is 293. The number of rotatable bonds is 1. The summed E-state index contributed by atoms with van der Waals surface area (Å²) in [5.41, 5.74) is 0.686. The zero-order valence-corrected chi connectivity index (χ0v) is 6.71. The van der Waals surface area contributed by atoms with Crippen molar-refractivity contribution < 1.29 is 4.79 Å². The van der Waals surface area contributed by atoms with E-state index in [0.29, 0.717) is 5.57 Å². The van der Waals surface area contributed by atoms with Crippen LogP contribution in [0.3, 0.4) is 0 Å². The Morgan fingerprint density at radius 3 is 3.25 bits per heavy atom. The first kappa shape index (κ1) is 7.21. The van der Waals surface area contributed by atoms with Crippen molar-refractivity contribution in [1.82, 2.24) is 5.01 Å². The normalized spacial score (nSPS) is 31.8. The lowest BCUT2D eigenvalue weighted by atomic mass is 9.99. The SMILES string of the molecule is CN1N=NC2C=C(C=O)C=CC21. The van der Waals surface area contributed by atoms with Crippen molar-refractivity contribution in [3.63, 3.8) is 0 Å². The quantitative estimate of drug-likeness (QED) is 0.535. The van der Waals surface area contributed by atoms with E-state index in [2.05, 4.69) is 10.3 Å². The average Bonchev–Trinajstić information content (AvgIpc) is 2.47. The summed E-state index contributed by atoms with van der Waals surface area (Å²) in [5.74, 6) is 0. The van der Waals surface area contributed by atoms with E-state index in [-0.39, 0.29) is 12.1 Å². The monoisotopic (exact) mass is 163 g/mol. The summed E-state index contributed by atoms with van der Waals surface area (Å²) < 4.78 is 0. The van der Waals surface area contributed by atoms with Crippen LogP contribution in [0.4, 0.5) is 0 Å². The van der Waals surface area contributed by atoms with Crippen LogP contribution in [0.5, 0.6) is 0 Å². The van der Waals surface area contributed by atoms with Crippen LogP contribution in [0.25, 0.3) is 0 Å². The molecule has 1 heterocycles. The van der Waals surface area contributed by atoms with E-state index in [1.54, 1.807) is 11.1 Å². The van der Waals surface area contributed by atoms with Crippen LogP contribution < -0.4 is 0 Å². The van der Waals surface area contributed by atoms with Gasteiger partial charge in [0.25, 0.3) is 0 Å². The predicted octanol–water partition coefficient (Wildman–Crippen LogP) is 0.731. The Balaban J connectivity index is 2.26. The van der Waals surface area contributed by atoms with Gasteiger partial charge in [0.05, 0.1) is 6.04 Å². The third-order valence-electron chi connectivity index (χ3n) is 2.09. The van der Waals surface area contributed by atoms with Gasteiger partial charge in [0.15, 0.2) is 0 Å². The van der Waals surface area contributed by atoms with Gasteiger partial charge in [0, 0.05) is 12.6 Å². The molecule has 2 unspecified atom stereocenters. The van der Waals surface area contributed by atoms with E-state index < -0.39 is 0 Å². The molecule has 0 saturated heterocycles. The van der Waals surface area contributed by atoms with Crippen LogP contribution in [0.1, 0.15) is 0 Å². The molecule has 0 radical (unpaired) electrons. The third-order valence-corrected chi connectivity index (χ3v) is 2.09. The van der Waals surface area contributed by atoms with Gasteiger partial charge in [-0.15, -0.1) is 0 Å². The van der Waals surface area contributed by atoms with Crippen LogP contribution in [0.2, 0.25) is 0 Å². The minimum atomic E-state index is 0.0280. The summed E-state index contributed by atoms with van der Waals surface area (Å²) in [6.07, 6.45) is 6.43. The zero-order valence-electron chi connectivity index (χ0n) is 6.71. The number of aldehydes is 1. The number of hydrogen-bond acceptors (Lipinski definition) is 4. The number of nitrogens with zero attached hydrogens (tertiary/aromatic N) is 3. The van der Waals surface area contributed by atoms with Gasteiger partial charge in [0.2, 0.25) is 0 Å². The van der Waals surface area contributed by atoms with E-state index in [4.69, 9.17) is 0 Å². The molecule has 0 aromatic heterocycles. The Morgan fingerprint density at radius 2 is 2.50 bits per heavy atom. The summed E-state index contributed by atoms with van der Waals surface area (Å²) in [6, 6.07) is 0.230. The van der Waals surface area contributed by atoms with Gasteiger partial charge >= 0.3 is 0 Å². The molecule has 0 saturated carbocycles. The largest absolute Gasteiger partial charge is 0.298 e. The molecule has 0 aromatic carbocycles. The van der Waals surface area contributed by atoms with Crippen molar-refractivity contribution in [2.45, 2.75) is 12.1 Å².